The predicted molar refractivity (Wildman–Crippen MR) is 131 cm³/mol. The molecule has 0 aliphatic heterocycles. The van der Waals surface area contributed by atoms with Gasteiger partial charge in [-0.15, -0.1) is 0 Å². The van der Waals surface area contributed by atoms with Gasteiger partial charge in [-0.3, -0.25) is 4.79 Å². The second-order valence-corrected chi connectivity index (χ2v) is 8.46. The fourth-order valence-corrected chi connectivity index (χ4v) is 3.81. The summed E-state index contributed by atoms with van der Waals surface area (Å²) in [6, 6.07) is 23.9. The van der Waals surface area contributed by atoms with Crippen LogP contribution in [0.5, 0.6) is 5.75 Å². The number of hydrogen-bond acceptors (Lipinski definition) is 4. The van der Waals surface area contributed by atoms with Crippen LogP contribution in [0.1, 0.15) is 16.7 Å². The van der Waals surface area contributed by atoms with E-state index in [9.17, 15) is 15.3 Å². The Morgan fingerprint density at radius 2 is 1.90 bits per heavy atom. The Bertz CT molecular complexity index is 1240. The zero-order chi connectivity index (χ0) is 22.2. The van der Waals surface area contributed by atoms with Gasteiger partial charge in [0.2, 0.25) is 0 Å². The van der Waals surface area contributed by atoms with E-state index in [1.165, 1.54) is 6.08 Å². The first kappa shape index (κ1) is 22.5. The van der Waals surface area contributed by atoms with Crippen molar-refractivity contribution in [3.05, 3.63) is 97.0 Å². The number of nitriles is 2. The first-order chi connectivity index (χ1) is 15.0. The van der Waals surface area contributed by atoms with Crippen LogP contribution >= 0.6 is 38.5 Å². The third-order valence-corrected chi connectivity index (χ3v) is 5.57. The summed E-state index contributed by atoms with van der Waals surface area (Å²) in [5, 5.41) is 21.3. The standard InChI is InChI=1S/C24H15BrIN3O2/c25-20-6-3-7-21(12-20)29-24(30)19(14-28)10-16-8-9-23(22(26)11-16)31-15-18-5-2-1-4-17(18)13-27/h1-12H,15H2,(H,29,30)/b19-10-. The van der Waals surface area contributed by atoms with Gasteiger partial charge in [0.15, 0.2) is 0 Å². The molecule has 0 atom stereocenters. The van der Waals surface area contributed by atoms with Crippen LogP contribution in [-0.2, 0) is 11.4 Å². The van der Waals surface area contributed by atoms with E-state index in [0.717, 1.165) is 13.6 Å². The molecular weight excluding hydrogens is 569 g/mol. The third kappa shape index (κ3) is 6.17. The molecule has 0 aliphatic rings. The monoisotopic (exact) mass is 583 g/mol. The molecule has 0 spiro atoms. The summed E-state index contributed by atoms with van der Waals surface area (Å²) >= 11 is 5.49. The average molecular weight is 584 g/mol. The topological polar surface area (TPSA) is 85.9 Å². The van der Waals surface area contributed by atoms with Crippen molar-refractivity contribution in [1.29, 1.82) is 10.5 Å². The number of anilines is 1. The van der Waals surface area contributed by atoms with Crippen LogP contribution < -0.4 is 10.1 Å². The molecule has 0 saturated carbocycles. The number of carbonyl (C=O) groups excluding carboxylic acids is 1. The van der Waals surface area contributed by atoms with Crippen molar-refractivity contribution in [2.24, 2.45) is 0 Å². The Labute approximate surface area is 202 Å². The molecule has 0 heterocycles. The van der Waals surface area contributed by atoms with Crippen molar-refractivity contribution in [2.45, 2.75) is 6.61 Å². The van der Waals surface area contributed by atoms with Gasteiger partial charge in [0, 0.05) is 15.7 Å². The normalized spacial score (nSPS) is 10.6. The summed E-state index contributed by atoms with van der Waals surface area (Å²) in [5.41, 5.74) is 2.67. The molecule has 0 fully saturated rings. The predicted octanol–water partition coefficient (Wildman–Crippen LogP) is 6.05. The molecule has 3 rings (SSSR count). The highest BCUT2D eigenvalue weighted by molar-refractivity contribution is 14.1. The maximum Gasteiger partial charge on any atom is 0.266 e. The summed E-state index contributed by atoms with van der Waals surface area (Å²) in [6.07, 6.45) is 1.53. The van der Waals surface area contributed by atoms with E-state index in [0.29, 0.717) is 22.6 Å². The van der Waals surface area contributed by atoms with Crippen molar-refractivity contribution in [1.82, 2.24) is 0 Å². The molecule has 7 heteroatoms. The molecule has 0 aromatic heterocycles. The molecule has 1 N–H and O–H groups in total. The van der Waals surface area contributed by atoms with Gasteiger partial charge in [0.25, 0.3) is 5.91 Å². The molecule has 152 valence electrons. The molecule has 0 aliphatic carbocycles. The van der Waals surface area contributed by atoms with Gasteiger partial charge in [-0.25, -0.2) is 0 Å². The fraction of sp³-hybridized carbons (Fsp3) is 0.0417. The van der Waals surface area contributed by atoms with Crippen LogP contribution in [0.15, 0.2) is 76.8 Å². The van der Waals surface area contributed by atoms with Crippen molar-refractivity contribution < 1.29 is 9.53 Å². The van der Waals surface area contributed by atoms with E-state index in [1.807, 2.05) is 36.4 Å². The second-order valence-electron chi connectivity index (χ2n) is 6.38. The summed E-state index contributed by atoms with van der Waals surface area (Å²) < 4.78 is 7.51. The molecule has 3 aromatic carbocycles. The van der Waals surface area contributed by atoms with Crippen molar-refractivity contribution in [3.8, 4) is 17.9 Å². The minimum atomic E-state index is -0.482. The fourth-order valence-electron chi connectivity index (χ4n) is 2.71. The quantitative estimate of drug-likeness (QED) is 0.217. The van der Waals surface area contributed by atoms with Crippen LogP contribution in [0.3, 0.4) is 0 Å². The SMILES string of the molecule is N#C/C(=C/c1ccc(OCc2ccccc2C#N)c(I)c1)C(=O)Nc1cccc(Br)c1. The Morgan fingerprint density at radius 1 is 1.10 bits per heavy atom. The van der Waals surface area contributed by atoms with Gasteiger partial charge in [-0.1, -0.05) is 46.3 Å². The first-order valence-corrected chi connectivity index (χ1v) is 11.0. The highest BCUT2D eigenvalue weighted by Gasteiger charge is 2.11. The van der Waals surface area contributed by atoms with Crippen molar-refractivity contribution in [2.75, 3.05) is 5.32 Å². The lowest BCUT2D eigenvalue weighted by molar-refractivity contribution is -0.112. The highest BCUT2D eigenvalue weighted by Crippen LogP contribution is 2.25. The second kappa shape index (κ2) is 10.8. The molecule has 31 heavy (non-hydrogen) atoms. The molecule has 0 unspecified atom stereocenters. The first-order valence-electron chi connectivity index (χ1n) is 9.09. The van der Waals surface area contributed by atoms with E-state index >= 15 is 0 Å². The van der Waals surface area contributed by atoms with E-state index in [4.69, 9.17) is 4.74 Å². The van der Waals surface area contributed by atoms with Crippen LogP contribution in [0, 0.1) is 26.2 Å². The van der Waals surface area contributed by atoms with E-state index in [-0.39, 0.29) is 12.2 Å². The largest absolute Gasteiger partial charge is 0.488 e. The summed E-state index contributed by atoms with van der Waals surface area (Å²) in [7, 11) is 0. The molecule has 0 bridgehead atoms. The highest BCUT2D eigenvalue weighted by atomic mass is 127. The van der Waals surface area contributed by atoms with E-state index in [2.05, 4.69) is 49.9 Å². The van der Waals surface area contributed by atoms with Gasteiger partial charge < -0.3 is 10.1 Å². The minimum absolute atomic E-state index is 0.00704. The lowest BCUT2D eigenvalue weighted by Gasteiger charge is -2.10. The van der Waals surface area contributed by atoms with Crippen LogP contribution in [0.25, 0.3) is 6.08 Å². The minimum Gasteiger partial charge on any atom is -0.488 e. The number of nitrogens with zero attached hydrogens (tertiary/aromatic N) is 2. The molecule has 3 aromatic rings. The number of benzene rings is 3. The van der Waals surface area contributed by atoms with E-state index < -0.39 is 5.91 Å². The van der Waals surface area contributed by atoms with Crippen LogP contribution in [0.2, 0.25) is 0 Å². The third-order valence-electron chi connectivity index (χ3n) is 4.24. The lowest BCUT2D eigenvalue weighted by atomic mass is 10.1. The number of nitrogens with one attached hydrogen (secondary N) is 1. The number of hydrogen-bond donors (Lipinski definition) is 1. The van der Waals surface area contributed by atoms with Gasteiger partial charge in [0.1, 0.15) is 24.0 Å². The number of carbonyl (C=O) groups is 1. The van der Waals surface area contributed by atoms with Crippen molar-refractivity contribution >= 4 is 56.2 Å². The molecular formula is C24H15BrIN3O2. The maximum absolute atomic E-state index is 12.5. The zero-order valence-corrected chi connectivity index (χ0v) is 19.8. The van der Waals surface area contributed by atoms with Gasteiger partial charge in [-0.2, -0.15) is 10.5 Å². The Hall–Kier alpha value is -3.14. The smallest absolute Gasteiger partial charge is 0.266 e. The van der Waals surface area contributed by atoms with Gasteiger partial charge >= 0.3 is 0 Å². The lowest BCUT2D eigenvalue weighted by Crippen LogP contribution is -2.13. The molecule has 0 radical (unpaired) electrons. The molecule has 5 nitrogen and oxygen atoms in total. The molecule has 1 amide bonds. The van der Waals surface area contributed by atoms with Crippen LogP contribution in [0.4, 0.5) is 5.69 Å². The number of ether oxygens (including phenoxy) is 1. The Balaban J connectivity index is 1.73. The zero-order valence-electron chi connectivity index (χ0n) is 16.1. The summed E-state index contributed by atoms with van der Waals surface area (Å²) in [5.74, 6) is 0.173. The number of halogens is 2. The number of rotatable bonds is 6. The Kier molecular flexibility index (Phi) is 7.82. The van der Waals surface area contributed by atoms with E-state index in [1.54, 1.807) is 36.4 Å². The Morgan fingerprint density at radius 3 is 2.61 bits per heavy atom. The van der Waals surface area contributed by atoms with Gasteiger partial charge in [0.05, 0.1) is 15.2 Å². The average Bonchev–Trinajstić information content (AvgIpc) is 2.77. The molecule has 0 saturated heterocycles. The van der Waals surface area contributed by atoms with Gasteiger partial charge in [-0.05, 0) is 70.6 Å². The maximum atomic E-state index is 12.5. The summed E-state index contributed by atoms with van der Waals surface area (Å²) in [4.78, 5) is 12.5. The van der Waals surface area contributed by atoms with Crippen LogP contribution in [-0.4, -0.2) is 5.91 Å². The summed E-state index contributed by atoms with van der Waals surface area (Å²) in [6.45, 7) is 0.271. The van der Waals surface area contributed by atoms with Crippen molar-refractivity contribution in [3.63, 3.8) is 0 Å². The number of amides is 1.